The number of phenols is 1. The van der Waals surface area contributed by atoms with Crippen LogP contribution < -0.4 is 4.90 Å². The van der Waals surface area contributed by atoms with E-state index in [2.05, 4.69) is 17.9 Å². The Kier molecular flexibility index (Phi) is 5.94. The Labute approximate surface area is 156 Å². The van der Waals surface area contributed by atoms with E-state index in [4.69, 9.17) is 0 Å². The minimum absolute atomic E-state index is 0.190. The topological polar surface area (TPSA) is 43.8 Å². The Hall–Kier alpha value is -2.33. The molecular formula is C22H28N2O2. The van der Waals surface area contributed by atoms with Crippen molar-refractivity contribution in [2.24, 2.45) is 0 Å². The van der Waals surface area contributed by atoms with Crippen molar-refractivity contribution in [3.05, 3.63) is 60.2 Å². The summed E-state index contributed by atoms with van der Waals surface area (Å²) in [6.45, 7) is 6.00. The monoisotopic (exact) mass is 352 g/mol. The first-order valence-corrected chi connectivity index (χ1v) is 9.50. The fraction of sp³-hybridized carbons (Fsp3) is 0.409. The Bertz CT molecular complexity index is 724. The lowest BCUT2D eigenvalue weighted by molar-refractivity contribution is -0.119. The van der Waals surface area contributed by atoms with E-state index < -0.39 is 0 Å². The van der Waals surface area contributed by atoms with E-state index in [0.29, 0.717) is 12.2 Å². The van der Waals surface area contributed by atoms with Gasteiger partial charge in [-0.25, -0.2) is 0 Å². The molecule has 138 valence electrons. The van der Waals surface area contributed by atoms with E-state index in [1.54, 1.807) is 6.07 Å². The molecule has 1 heterocycles. The molecule has 4 nitrogen and oxygen atoms in total. The molecule has 0 saturated carbocycles. The Balaban J connectivity index is 1.69. The van der Waals surface area contributed by atoms with Crippen LogP contribution in [0, 0.1) is 0 Å². The smallest absolute Gasteiger partial charge is 0.226 e. The number of nitrogens with zero attached hydrogens (tertiary/aromatic N) is 2. The predicted molar refractivity (Wildman–Crippen MR) is 105 cm³/mol. The zero-order chi connectivity index (χ0) is 18.5. The van der Waals surface area contributed by atoms with Gasteiger partial charge in [-0.3, -0.25) is 9.69 Å². The molecule has 4 heteroatoms. The van der Waals surface area contributed by atoms with Gasteiger partial charge in [-0.1, -0.05) is 37.3 Å². The van der Waals surface area contributed by atoms with E-state index in [1.807, 2.05) is 54.3 Å². The highest BCUT2D eigenvalue weighted by atomic mass is 16.3. The van der Waals surface area contributed by atoms with Gasteiger partial charge in [-0.15, -0.1) is 0 Å². The Morgan fingerprint density at radius 3 is 2.46 bits per heavy atom. The summed E-state index contributed by atoms with van der Waals surface area (Å²) in [7, 11) is 0. The number of likely N-dealkylation sites (tertiary alicyclic amines) is 1. The number of aromatic hydroxyl groups is 1. The number of piperidine rings is 1. The van der Waals surface area contributed by atoms with E-state index >= 15 is 0 Å². The molecule has 0 bridgehead atoms. The molecule has 1 N–H and O–H groups in total. The molecule has 1 aliphatic heterocycles. The largest absolute Gasteiger partial charge is 0.508 e. The molecule has 0 aliphatic carbocycles. The van der Waals surface area contributed by atoms with Crippen LogP contribution in [-0.4, -0.2) is 35.0 Å². The lowest BCUT2D eigenvalue weighted by atomic mass is 9.98. The number of para-hydroxylation sites is 1. The molecule has 1 fully saturated rings. The van der Waals surface area contributed by atoms with Gasteiger partial charge in [0.15, 0.2) is 0 Å². The highest BCUT2D eigenvalue weighted by Gasteiger charge is 2.30. The van der Waals surface area contributed by atoms with Crippen LogP contribution in [0.1, 0.15) is 44.7 Å². The third-order valence-electron chi connectivity index (χ3n) is 5.37. The van der Waals surface area contributed by atoms with E-state index in [9.17, 15) is 9.90 Å². The summed E-state index contributed by atoms with van der Waals surface area (Å²) in [6.07, 6.45) is 2.45. The molecule has 0 aromatic heterocycles. The van der Waals surface area contributed by atoms with Gasteiger partial charge in [0.1, 0.15) is 5.75 Å². The average Bonchev–Trinajstić information content (AvgIpc) is 2.69. The van der Waals surface area contributed by atoms with Gasteiger partial charge in [0, 0.05) is 37.3 Å². The maximum atomic E-state index is 12.6. The Morgan fingerprint density at radius 1 is 1.15 bits per heavy atom. The van der Waals surface area contributed by atoms with Crippen LogP contribution in [0.15, 0.2) is 54.6 Å². The summed E-state index contributed by atoms with van der Waals surface area (Å²) < 4.78 is 0. The summed E-state index contributed by atoms with van der Waals surface area (Å²) >= 11 is 0. The number of phenolic OH excluding ortho intramolecular Hbond substituents is 1. The molecule has 26 heavy (non-hydrogen) atoms. The van der Waals surface area contributed by atoms with Crippen LogP contribution in [-0.2, 0) is 4.79 Å². The fourth-order valence-electron chi connectivity index (χ4n) is 3.84. The van der Waals surface area contributed by atoms with Crippen LogP contribution in [0.4, 0.5) is 5.69 Å². The summed E-state index contributed by atoms with van der Waals surface area (Å²) in [5, 5.41) is 9.73. The quantitative estimate of drug-likeness (QED) is 0.869. The van der Waals surface area contributed by atoms with Crippen molar-refractivity contribution < 1.29 is 9.90 Å². The standard InChI is InChI=1S/C22H28N2O2/c1-3-22(26)24(19-9-5-4-6-10-19)20-12-14-23(15-13-20)17(2)18-8-7-11-21(25)16-18/h4-11,16-17,20,25H,3,12-15H2,1-2H3. The molecule has 1 aliphatic rings. The van der Waals surface area contributed by atoms with Gasteiger partial charge in [-0.2, -0.15) is 0 Å². The van der Waals surface area contributed by atoms with E-state index in [-0.39, 0.29) is 18.0 Å². The van der Waals surface area contributed by atoms with Crippen LogP contribution in [0.3, 0.4) is 0 Å². The van der Waals surface area contributed by atoms with Crippen LogP contribution in [0.5, 0.6) is 5.75 Å². The molecule has 1 unspecified atom stereocenters. The van der Waals surface area contributed by atoms with Crippen molar-refractivity contribution in [2.45, 2.75) is 45.2 Å². The predicted octanol–water partition coefficient (Wildman–Crippen LogP) is 4.36. The van der Waals surface area contributed by atoms with Crippen molar-refractivity contribution in [1.82, 2.24) is 4.90 Å². The molecule has 0 spiro atoms. The van der Waals surface area contributed by atoms with Crippen LogP contribution in [0.25, 0.3) is 0 Å². The van der Waals surface area contributed by atoms with Gasteiger partial charge in [0.2, 0.25) is 5.91 Å². The number of amides is 1. The first kappa shape index (κ1) is 18.5. The molecule has 0 radical (unpaired) electrons. The molecule has 3 rings (SSSR count). The number of anilines is 1. The second-order valence-electron chi connectivity index (χ2n) is 6.99. The van der Waals surface area contributed by atoms with E-state index in [1.165, 1.54) is 0 Å². The minimum Gasteiger partial charge on any atom is -0.508 e. The minimum atomic E-state index is 0.190. The van der Waals surface area contributed by atoms with E-state index in [0.717, 1.165) is 37.2 Å². The lowest BCUT2D eigenvalue weighted by Gasteiger charge is -2.41. The summed E-state index contributed by atoms with van der Waals surface area (Å²) in [5.41, 5.74) is 2.13. The molecule has 1 saturated heterocycles. The van der Waals surface area contributed by atoms with Crippen molar-refractivity contribution in [3.63, 3.8) is 0 Å². The third-order valence-corrected chi connectivity index (χ3v) is 5.37. The average molecular weight is 352 g/mol. The normalized spacial score (nSPS) is 17.0. The molecule has 1 amide bonds. The molecular weight excluding hydrogens is 324 g/mol. The lowest BCUT2D eigenvalue weighted by Crippen LogP contribution is -2.48. The SMILES string of the molecule is CCC(=O)N(c1ccccc1)C1CCN(C(C)c2cccc(O)c2)CC1. The molecule has 1 atom stereocenters. The first-order valence-electron chi connectivity index (χ1n) is 9.50. The third kappa shape index (κ3) is 4.07. The van der Waals surface area contributed by atoms with Crippen molar-refractivity contribution >= 4 is 11.6 Å². The number of carbonyl (C=O) groups is 1. The zero-order valence-electron chi connectivity index (χ0n) is 15.6. The molecule has 2 aromatic rings. The van der Waals surface area contributed by atoms with Crippen molar-refractivity contribution in [1.29, 1.82) is 0 Å². The van der Waals surface area contributed by atoms with Crippen LogP contribution in [0.2, 0.25) is 0 Å². The number of hydrogen-bond acceptors (Lipinski definition) is 3. The van der Waals surface area contributed by atoms with Gasteiger partial charge < -0.3 is 10.0 Å². The van der Waals surface area contributed by atoms with Crippen molar-refractivity contribution in [2.75, 3.05) is 18.0 Å². The first-order chi connectivity index (χ1) is 12.6. The number of rotatable bonds is 5. The number of benzene rings is 2. The van der Waals surface area contributed by atoms with Crippen LogP contribution >= 0.6 is 0 Å². The van der Waals surface area contributed by atoms with Crippen molar-refractivity contribution in [3.8, 4) is 5.75 Å². The maximum absolute atomic E-state index is 12.6. The fourth-order valence-corrected chi connectivity index (χ4v) is 3.84. The zero-order valence-corrected chi connectivity index (χ0v) is 15.6. The highest BCUT2D eigenvalue weighted by Crippen LogP contribution is 2.29. The van der Waals surface area contributed by atoms with Gasteiger partial charge in [0.25, 0.3) is 0 Å². The maximum Gasteiger partial charge on any atom is 0.226 e. The second kappa shape index (κ2) is 8.37. The summed E-state index contributed by atoms with van der Waals surface area (Å²) in [5.74, 6) is 0.503. The highest BCUT2D eigenvalue weighted by molar-refractivity contribution is 5.93. The van der Waals surface area contributed by atoms with Gasteiger partial charge in [-0.05, 0) is 49.6 Å². The second-order valence-corrected chi connectivity index (χ2v) is 6.99. The summed E-state index contributed by atoms with van der Waals surface area (Å²) in [4.78, 5) is 17.0. The number of hydrogen-bond donors (Lipinski definition) is 1. The summed E-state index contributed by atoms with van der Waals surface area (Å²) in [6, 6.07) is 18.0. The molecule has 2 aromatic carbocycles. The van der Waals surface area contributed by atoms with Gasteiger partial charge >= 0.3 is 0 Å². The van der Waals surface area contributed by atoms with Gasteiger partial charge in [0.05, 0.1) is 0 Å². The number of carbonyl (C=O) groups excluding carboxylic acids is 1. The Morgan fingerprint density at radius 2 is 1.85 bits per heavy atom.